The Morgan fingerprint density at radius 1 is 1.52 bits per heavy atom. The fourth-order valence-electron chi connectivity index (χ4n) is 2.95. The van der Waals surface area contributed by atoms with E-state index in [0.717, 1.165) is 35.2 Å². The van der Waals surface area contributed by atoms with Crippen molar-refractivity contribution >= 4 is 32.6 Å². The van der Waals surface area contributed by atoms with Crippen molar-refractivity contribution < 1.29 is 9.53 Å². The lowest BCUT2D eigenvalue weighted by atomic mass is 9.95. The molecule has 1 aromatic heterocycles. The van der Waals surface area contributed by atoms with E-state index in [-0.39, 0.29) is 11.8 Å². The van der Waals surface area contributed by atoms with E-state index in [1.807, 2.05) is 18.2 Å². The normalized spacial score (nSPS) is 21.6. The van der Waals surface area contributed by atoms with Gasteiger partial charge in [0.15, 0.2) is 5.13 Å². The molecule has 1 heterocycles. The molecule has 1 aliphatic rings. The highest BCUT2D eigenvalue weighted by atomic mass is 32.1. The predicted molar refractivity (Wildman–Crippen MR) is 84.7 cm³/mol. The van der Waals surface area contributed by atoms with Crippen LogP contribution in [0.1, 0.15) is 19.3 Å². The number of methoxy groups -OCH3 is 1. The van der Waals surface area contributed by atoms with Crippen LogP contribution < -0.4 is 15.8 Å². The van der Waals surface area contributed by atoms with Gasteiger partial charge in [-0.25, -0.2) is 4.98 Å². The van der Waals surface area contributed by atoms with Crippen molar-refractivity contribution in [2.45, 2.75) is 19.3 Å². The van der Waals surface area contributed by atoms with Gasteiger partial charge in [-0.2, -0.15) is 0 Å². The molecule has 0 saturated heterocycles. The molecule has 21 heavy (non-hydrogen) atoms. The number of aromatic nitrogens is 1. The summed E-state index contributed by atoms with van der Waals surface area (Å²) in [6.07, 6.45) is 3.05. The first kappa shape index (κ1) is 14.3. The van der Waals surface area contributed by atoms with Crippen LogP contribution >= 0.6 is 11.3 Å². The molecular formula is C15H19N3O2S. The van der Waals surface area contributed by atoms with Crippen molar-refractivity contribution in [2.24, 2.45) is 17.6 Å². The molecule has 0 spiro atoms. The second kappa shape index (κ2) is 5.99. The number of carbonyl (C=O) groups is 1. The van der Waals surface area contributed by atoms with Gasteiger partial charge >= 0.3 is 0 Å². The summed E-state index contributed by atoms with van der Waals surface area (Å²) in [6.45, 7) is 0.579. The molecule has 3 N–H and O–H groups in total. The quantitative estimate of drug-likeness (QED) is 0.910. The minimum atomic E-state index is 0.0246. The smallest absolute Gasteiger partial charge is 0.229 e. The SMILES string of the molecule is COc1ccc2nc(NC(=O)[C@@H]3CCC[C@@H]3CN)sc2c1. The molecular weight excluding hydrogens is 286 g/mol. The van der Waals surface area contributed by atoms with Crippen molar-refractivity contribution in [2.75, 3.05) is 19.0 Å². The predicted octanol–water partition coefficient (Wildman–Crippen LogP) is 2.62. The molecule has 112 valence electrons. The van der Waals surface area contributed by atoms with E-state index < -0.39 is 0 Å². The molecule has 5 nitrogen and oxygen atoms in total. The third-order valence-electron chi connectivity index (χ3n) is 4.12. The molecule has 3 rings (SSSR count). The zero-order chi connectivity index (χ0) is 14.8. The summed E-state index contributed by atoms with van der Waals surface area (Å²) in [6, 6.07) is 5.70. The van der Waals surface area contributed by atoms with Crippen LogP contribution in [0.2, 0.25) is 0 Å². The fraction of sp³-hybridized carbons (Fsp3) is 0.467. The molecule has 2 aromatic rings. The molecule has 2 atom stereocenters. The number of rotatable bonds is 4. The highest BCUT2D eigenvalue weighted by Crippen LogP contribution is 2.33. The Kier molecular flexibility index (Phi) is 4.07. The van der Waals surface area contributed by atoms with Crippen LogP contribution in [0.15, 0.2) is 18.2 Å². The van der Waals surface area contributed by atoms with Gasteiger partial charge in [0.1, 0.15) is 5.75 Å². The summed E-state index contributed by atoms with van der Waals surface area (Å²) in [5.74, 6) is 1.17. The molecule has 6 heteroatoms. The number of amides is 1. The number of hydrogen-bond donors (Lipinski definition) is 2. The average molecular weight is 305 g/mol. The van der Waals surface area contributed by atoms with E-state index in [4.69, 9.17) is 10.5 Å². The van der Waals surface area contributed by atoms with Gasteiger partial charge in [0, 0.05) is 5.92 Å². The monoisotopic (exact) mass is 305 g/mol. The number of ether oxygens (including phenoxy) is 1. The zero-order valence-electron chi connectivity index (χ0n) is 12.0. The number of nitrogens with two attached hydrogens (primary N) is 1. The summed E-state index contributed by atoms with van der Waals surface area (Å²) >= 11 is 1.47. The van der Waals surface area contributed by atoms with Gasteiger partial charge in [0.2, 0.25) is 5.91 Å². The van der Waals surface area contributed by atoms with Crippen molar-refractivity contribution in [3.63, 3.8) is 0 Å². The van der Waals surface area contributed by atoms with Crippen molar-refractivity contribution in [3.8, 4) is 5.75 Å². The molecule has 1 aliphatic carbocycles. The maximum atomic E-state index is 12.4. The largest absolute Gasteiger partial charge is 0.497 e. The topological polar surface area (TPSA) is 77.2 Å². The lowest BCUT2D eigenvalue weighted by Crippen LogP contribution is -2.29. The van der Waals surface area contributed by atoms with Gasteiger partial charge in [-0.1, -0.05) is 17.8 Å². The van der Waals surface area contributed by atoms with E-state index >= 15 is 0 Å². The van der Waals surface area contributed by atoms with Crippen LogP contribution in [-0.4, -0.2) is 24.5 Å². The minimum absolute atomic E-state index is 0.0246. The van der Waals surface area contributed by atoms with Crippen LogP contribution in [0.5, 0.6) is 5.75 Å². The maximum absolute atomic E-state index is 12.4. The summed E-state index contributed by atoms with van der Waals surface area (Å²) in [7, 11) is 1.64. The fourth-order valence-corrected chi connectivity index (χ4v) is 3.84. The molecule has 1 aromatic carbocycles. The Labute approximate surface area is 127 Å². The first-order chi connectivity index (χ1) is 10.2. The Balaban J connectivity index is 1.76. The Hall–Kier alpha value is -1.66. The minimum Gasteiger partial charge on any atom is -0.497 e. The van der Waals surface area contributed by atoms with E-state index in [9.17, 15) is 4.79 Å². The summed E-state index contributed by atoms with van der Waals surface area (Å²) < 4.78 is 6.21. The first-order valence-electron chi connectivity index (χ1n) is 7.16. The number of fused-ring (bicyclic) bond motifs is 1. The second-order valence-electron chi connectivity index (χ2n) is 5.38. The molecule has 1 fully saturated rings. The average Bonchev–Trinajstić information content (AvgIpc) is 3.11. The van der Waals surface area contributed by atoms with Crippen LogP contribution in [0.3, 0.4) is 0 Å². The van der Waals surface area contributed by atoms with E-state index in [0.29, 0.717) is 17.6 Å². The number of nitrogens with zero attached hydrogens (tertiary/aromatic N) is 1. The standard InChI is InChI=1S/C15H19N3O2S/c1-20-10-5-6-12-13(7-10)21-15(17-12)18-14(19)11-4-2-3-9(11)8-16/h5-7,9,11H,2-4,8,16H2,1H3,(H,17,18,19)/t9-,11-/m1/s1. The van der Waals surface area contributed by atoms with Crippen LogP contribution in [-0.2, 0) is 4.79 Å². The number of nitrogens with one attached hydrogen (secondary N) is 1. The van der Waals surface area contributed by atoms with Gasteiger partial charge in [0.25, 0.3) is 0 Å². The molecule has 0 unspecified atom stereocenters. The van der Waals surface area contributed by atoms with Gasteiger partial charge in [0.05, 0.1) is 17.3 Å². The Morgan fingerprint density at radius 2 is 2.38 bits per heavy atom. The second-order valence-corrected chi connectivity index (χ2v) is 6.41. The molecule has 0 aliphatic heterocycles. The number of carbonyl (C=O) groups excluding carboxylic acids is 1. The highest BCUT2D eigenvalue weighted by molar-refractivity contribution is 7.22. The van der Waals surface area contributed by atoms with Crippen LogP contribution in [0, 0.1) is 11.8 Å². The highest BCUT2D eigenvalue weighted by Gasteiger charge is 2.32. The van der Waals surface area contributed by atoms with E-state index in [1.165, 1.54) is 11.3 Å². The zero-order valence-corrected chi connectivity index (χ0v) is 12.8. The van der Waals surface area contributed by atoms with E-state index in [2.05, 4.69) is 10.3 Å². The van der Waals surface area contributed by atoms with Crippen molar-refractivity contribution in [1.29, 1.82) is 0 Å². The van der Waals surface area contributed by atoms with Crippen LogP contribution in [0.25, 0.3) is 10.2 Å². The molecule has 0 radical (unpaired) electrons. The van der Waals surface area contributed by atoms with Gasteiger partial charge in [-0.05, 0) is 43.5 Å². The van der Waals surface area contributed by atoms with Crippen molar-refractivity contribution in [1.82, 2.24) is 4.98 Å². The number of hydrogen-bond acceptors (Lipinski definition) is 5. The third kappa shape index (κ3) is 2.87. The lowest BCUT2D eigenvalue weighted by Gasteiger charge is -2.16. The molecule has 1 amide bonds. The Bertz CT molecular complexity index is 655. The van der Waals surface area contributed by atoms with Gasteiger partial charge in [-0.3, -0.25) is 4.79 Å². The number of benzene rings is 1. The third-order valence-corrected chi connectivity index (χ3v) is 5.06. The van der Waals surface area contributed by atoms with Crippen molar-refractivity contribution in [3.05, 3.63) is 18.2 Å². The summed E-state index contributed by atoms with van der Waals surface area (Å²) in [4.78, 5) is 16.8. The van der Waals surface area contributed by atoms with Gasteiger partial charge < -0.3 is 15.8 Å². The molecule has 1 saturated carbocycles. The lowest BCUT2D eigenvalue weighted by molar-refractivity contribution is -0.120. The summed E-state index contributed by atoms with van der Waals surface area (Å²) in [5, 5.41) is 3.59. The maximum Gasteiger partial charge on any atom is 0.229 e. The van der Waals surface area contributed by atoms with Gasteiger partial charge in [-0.15, -0.1) is 0 Å². The van der Waals surface area contributed by atoms with E-state index in [1.54, 1.807) is 7.11 Å². The number of thiazole rings is 1. The summed E-state index contributed by atoms with van der Waals surface area (Å²) in [5.41, 5.74) is 6.61. The first-order valence-corrected chi connectivity index (χ1v) is 7.98. The molecule has 0 bridgehead atoms. The Morgan fingerprint density at radius 3 is 3.14 bits per heavy atom. The number of anilines is 1. The van der Waals surface area contributed by atoms with Crippen LogP contribution in [0.4, 0.5) is 5.13 Å².